The van der Waals surface area contributed by atoms with Crippen LogP contribution in [0.25, 0.3) is 0 Å². The van der Waals surface area contributed by atoms with Gasteiger partial charge in [-0.15, -0.1) is 0 Å². The molecular formula is C14H9Cl2F3N2O. The van der Waals surface area contributed by atoms with E-state index in [4.69, 9.17) is 23.2 Å². The van der Waals surface area contributed by atoms with Crippen molar-refractivity contribution >= 4 is 34.1 Å². The lowest BCUT2D eigenvalue weighted by atomic mass is 10.3. The summed E-state index contributed by atoms with van der Waals surface area (Å²) in [5.74, 6) is -0.0108. The van der Waals surface area contributed by atoms with E-state index in [0.29, 0.717) is 16.4 Å². The number of benzene rings is 1. The zero-order chi connectivity index (χ0) is 16.2. The van der Waals surface area contributed by atoms with Gasteiger partial charge in [-0.05, 0) is 24.3 Å². The minimum absolute atomic E-state index is 0.0108. The standard InChI is InChI=1S/C14H9Cl2F3N2O/c15-10-3-1-2-4-11(10)21-13(16)12-6-5-9(7-20-12)22-8-14(17,18)19/h1-7H,8H2/b21-13-. The van der Waals surface area contributed by atoms with Crippen molar-refractivity contribution in [2.75, 3.05) is 6.61 Å². The summed E-state index contributed by atoms with van der Waals surface area (Å²) >= 11 is 12.0. The molecule has 0 saturated carbocycles. The average molecular weight is 349 g/mol. The fraction of sp³-hybridized carbons (Fsp3) is 0.143. The zero-order valence-corrected chi connectivity index (χ0v) is 12.5. The molecule has 0 spiro atoms. The van der Waals surface area contributed by atoms with E-state index in [-0.39, 0.29) is 10.9 Å². The number of rotatable bonds is 4. The summed E-state index contributed by atoms with van der Waals surface area (Å²) in [4.78, 5) is 8.02. The highest BCUT2D eigenvalue weighted by Crippen LogP contribution is 2.25. The number of aromatic nitrogens is 1. The number of ether oxygens (including phenoxy) is 1. The quantitative estimate of drug-likeness (QED) is 0.729. The van der Waals surface area contributed by atoms with Crippen LogP contribution in [0.5, 0.6) is 5.75 Å². The Kier molecular flexibility index (Phi) is 5.26. The van der Waals surface area contributed by atoms with E-state index in [0.717, 1.165) is 6.20 Å². The van der Waals surface area contributed by atoms with Crippen LogP contribution in [-0.4, -0.2) is 22.9 Å². The van der Waals surface area contributed by atoms with Crippen LogP contribution in [0.4, 0.5) is 18.9 Å². The van der Waals surface area contributed by atoms with E-state index in [1.807, 2.05) is 0 Å². The lowest BCUT2D eigenvalue weighted by molar-refractivity contribution is -0.153. The number of halogens is 5. The SMILES string of the molecule is FC(F)(F)COc1ccc(/C(Cl)=N/c2ccccc2Cl)nc1. The first-order valence-electron chi connectivity index (χ1n) is 6.00. The monoisotopic (exact) mass is 348 g/mol. The Morgan fingerprint density at radius 1 is 1.18 bits per heavy atom. The number of nitrogens with zero attached hydrogens (tertiary/aromatic N) is 2. The molecule has 0 fully saturated rings. The van der Waals surface area contributed by atoms with Gasteiger partial charge in [0.1, 0.15) is 11.4 Å². The molecule has 1 aromatic carbocycles. The molecule has 0 aliphatic carbocycles. The van der Waals surface area contributed by atoms with Gasteiger partial charge in [-0.25, -0.2) is 9.98 Å². The number of alkyl halides is 3. The third-order valence-electron chi connectivity index (χ3n) is 2.42. The number of para-hydroxylation sites is 1. The molecule has 1 aromatic heterocycles. The van der Waals surface area contributed by atoms with Crippen LogP contribution < -0.4 is 4.74 Å². The third-order valence-corrected chi connectivity index (χ3v) is 3.02. The number of pyridine rings is 1. The van der Waals surface area contributed by atoms with Crippen molar-refractivity contribution in [3.05, 3.63) is 53.3 Å². The van der Waals surface area contributed by atoms with Gasteiger partial charge in [0, 0.05) is 0 Å². The predicted octanol–water partition coefficient (Wildman–Crippen LogP) is 4.99. The minimum atomic E-state index is -4.40. The molecule has 2 rings (SSSR count). The second-order valence-corrected chi connectivity index (χ2v) is 4.90. The summed E-state index contributed by atoms with van der Waals surface area (Å²) in [6.45, 7) is -1.38. The second kappa shape index (κ2) is 6.98. The molecule has 0 N–H and O–H groups in total. The molecule has 8 heteroatoms. The molecule has 22 heavy (non-hydrogen) atoms. The topological polar surface area (TPSA) is 34.5 Å². The minimum Gasteiger partial charge on any atom is -0.483 e. The van der Waals surface area contributed by atoms with Gasteiger partial charge in [-0.2, -0.15) is 13.2 Å². The van der Waals surface area contributed by atoms with E-state index in [2.05, 4.69) is 14.7 Å². The van der Waals surface area contributed by atoms with Crippen LogP contribution in [0, 0.1) is 0 Å². The Hall–Kier alpha value is -1.79. The Morgan fingerprint density at radius 3 is 2.50 bits per heavy atom. The molecule has 0 unspecified atom stereocenters. The third kappa shape index (κ3) is 4.89. The van der Waals surface area contributed by atoms with Crippen molar-refractivity contribution in [3.8, 4) is 5.75 Å². The van der Waals surface area contributed by atoms with Gasteiger partial charge >= 0.3 is 6.18 Å². The molecule has 2 aromatic rings. The van der Waals surface area contributed by atoms with Crippen LogP contribution in [-0.2, 0) is 0 Å². The maximum atomic E-state index is 12.0. The van der Waals surface area contributed by atoms with Crippen molar-refractivity contribution in [2.45, 2.75) is 6.18 Å². The molecule has 0 amide bonds. The van der Waals surface area contributed by atoms with E-state index in [1.54, 1.807) is 24.3 Å². The number of aliphatic imine (C=N–C) groups is 1. The van der Waals surface area contributed by atoms with Crippen LogP contribution in [0.1, 0.15) is 5.69 Å². The second-order valence-electron chi connectivity index (χ2n) is 4.14. The summed E-state index contributed by atoms with van der Waals surface area (Å²) < 4.78 is 40.6. The predicted molar refractivity (Wildman–Crippen MR) is 79.3 cm³/mol. The van der Waals surface area contributed by atoms with Crippen LogP contribution in [0.2, 0.25) is 5.02 Å². The largest absolute Gasteiger partial charge is 0.483 e. The Balaban J connectivity index is 2.11. The highest BCUT2D eigenvalue weighted by molar-refractivity contribution is 6.69. The fourth-order valence-corrected chi connectivity index (χ4v) is 1.84. The molecule has 0 aliphatic heterocycles. The Morgan fingerprint density at radius 2 is 1.91 bits per heavy atom. The van der Waals surface area contributed by atoms with E-state index in [1.165, 1.54) is 12.1 Å². The summed E-state index contributed by atoms with van der Waals surface area (Å²) in [5.41, 5.74) is 0.759. The molecule has 0 radical (unpaired) electrons. The molecule has 3 nitrogen and oxygen atoms in total. The molecule has 0 bridgehead atoms. The Labute approximate surface area is 134 Å². The summed E-state index contributed by atoms with van der Waals surface area (Å²) in [6.07, 6.45) is -3.26. The van der Waals surface area contributed by atoms with E-state index < -0.39 is 12.8 Å². The molecular weight excluding hydrogens is 340 g/mol. The Bertz CT molecular complexity index is 673. The first-order chi connectivity index (χ1) is 10.3. The highest BCUT2D eigenvalue weighted by Gasteiger charge is 2.28. The molecule has 0 atom stereocenters. The van der Waals surface area contributed by atoms with Gasteiger partial charge in [0.05, 0.1) is 16.9 Å². The van der Waals surface area contributed by atoms with Gasteiger partial charge in [-0.3, -0.25) is 0 Å². The van der Waals surface area contributed by atoms with Gasteiger partial charge in [0.15, 0.2) is 11.8 Å². The van der Waals surface area contributed by atoms with Crippen LogP contribution in [0.3, 0.4) is 0 Å². The normalized spacial score (nSPS) is 12.3. The van der Waals surface area contributed by atoms with Crippen molar-refractivity contribution < 1.29 is 17.9 Å². The van der Waals surface area contributed by atoms with Gasteiger partial charge in [0.2, 0.25) is 0 Å². The van der Waals surface area contributed by atoms with Crippen LogP contribution >= 0.6 is 23.2 Å². The molecule has 0 saturated heterocycles. The van der Waals surface area contributed by atoms with Crippen molar-refractivity contribution in [3.63, 3.8) is 0 Å². The average Bonchev–Trinajstić information content (AvgIpc) is 2.47. The fourth-order valence-electron chi connectivity index (χ4n) is 1.46. The number of hydrogen-bond donors (Lipinski definition) is 0. The van der Waals surface area contributed by atoms with Crippen molar-refractivity contribution in [1.29, 1.82) is 0 Å². The summed E-state index contributed by atoms with van der Waals surface area (Å²) in [5, 5.41) is 0.487. The molecule has 1 heterocycles. The first-order valence-corrected chi connectivity index (χ1v) is 6.75. The van der Waals surface area contributed by atoms with Crippen LogP contribution in [0.15, 0.2) is 47.6 Å². The van der Waals surface area contributed by atoms with Gasteiger partial charge in [0.25, 0.3) is 0 Å². The van der Waals surface area contributed by atoms with Crippen molar-refractivity contribution in [1.82, 2.24) is 4.98 Å². The van der Waals surface area contributed by atoms with Gasteiger partial charge in [-0.1, -0.05) is 35.3 Å². The summed E-state index contributed by atoms with van der Waals surface area (Å²) in [6, 6.07) is 9.57. The molecule has 116 valence electrons. The van der Waals surface area contributed by atoms with Crippen molar-refractivity contribution in [2.24, 2.45) is 4.99 Å². The zero-order valence-electron chi connectivity index (χ0n) is 10.9. The highest BCUT2D eigenvalue weighted by atomic mass is 35.5. The smallest absolute Gasteiger partial charge is 0.422 e. The molecule has 0 aliphatic rings. The maximum Gasteiger partial charge on any atom is 0.422 e. The number of hydrogen-bond acceptors (Lipinski definition) is 3. The van der Waals surface area contributed by atoms with E-state index in [9.17, 15) is 13.2 Å². The van der Waals surface area contributed by atoms with E-state index >= 15 is 0 Å². The summed E-state index contributed by atoms with van der Waals surface area (Å²) in [7, 11) is 0. The maximum absolute atomic E-state index is 12.0. The van der Waals surface area contributed by atoms with Gasteiger partial charge < -0.3 is 4.74 Å². The lowest BCUT2D eigenvalue weighted by Crippen LogP contribution is -2.19. The first kappa shape index (κ1) is 16.6. The lowest BCUT2D eigenvalue weighted by Gasteiger charge is -2.08.